The highest BCUT2D eigenvalue weighted by Crippen LogP contribution is 2.32. The Morgan fingerprint density at radius 1 is 1.10 bits per heavy atom. The molecule has 2 aromatic carbocycles. The van der Waals surface area contributed by atoms with E-state index in [9.17, 15) is 14.7 Å². The highest BCUT2D eigenvalue weighted by atomic mass is 16.6. The number of benzene rings is 2. The third-order valence-corrected chi connectivity index (χ3v) is 4.75. The van der Waals surface area contributed by atoms with E-state index in [2.05, 4.69) is 10.6 Å². The van der Waals surface area contributed by atoms with Crippen LogP contribution in [-0.4, -0.2) is 41.2 Å². The van der Waals surface area contributed by atoms with E-state index in [4.69, 9.17) is 9.47 Å². The van der Waals surface area contributed by atoms with Gasteiger partial charge in [-0.2, -0.15) is 0 Å². The second-order valence-electron chi connectivity index (χ2n) is 6.75. The van der Waals surface area contributed by atoms with Crippen molar-refractivity contribution < 1.29 is 24.2 Å². The molecule has 0 bridgehead atoms. The van der Waals surface area contributed by atoms with Crippen molar-refractivity contribution in [3.8, 4) is 11.5 Å². The summed E-state index contributed by atoms with van der Waals surface area (Å²) in [5, 5.41) is 16.4. The molecule has 4 rings (SSSR count). The minimum absolute atomic E-state index is 0.0819. The van der Waals surface area contributed by atoms with Crippen LogP contribution in [0.2, 0.25) is 0 Å². The van der Waals surface area contributed by atoms with Crippen LogP contribution in [0.1, 0.15) is 11.7 Å². The van der Waals surface area contributed by atoms with Crippen LogP contribution in [0.15, 0.2) is 48.7 Å². The summed E-state index contributed by atoms with van der Waals surface area (Å²) in [5.41, 5.74) is 2.09. The first-order chi connectivity index (χ1) is 14.0. The van der Waals surface area contributed by atoms with Crippen LogP contribution in [0, 0.1) is 0 Å². The Bertz CT molecular complexity index is 1080. The van der Waals surface area contributed by atoms with Gasteiger partial charge in [-0.15, -0.1) is 0 Å². The molecule has 8 heteroatoms. The number of fused-ring (bicyclic) bond motifs is 2. The van der Waals surface area contributed by atoms with Gasteiger partial charge in [0.25, 0.3) is 0 Å². The summed E-state index contributed by atoms with van der Waals surface area (Å²) < 4.78 is 12.8. The number of rotatable bonds is 4. The SMILES string of the molecule is Cn1cc([C@H](O)CNC(=O)C(=O)Nc2ccc3c(c2)OCCO3)c2ccccc21. The van der Waals surface area contributed by atoms with Crippen molar-refractivity contribution in [1.82, 2.24) is 9.88 Å². The molecule has 8 nitrogen and oxygen atoms in total. The topological polar surface area (TPSA) is 102 Å². The predicted octanol–water partition coefficient (Wildman–Crippen LogP) is 1.74. The Morgan fingerprint density at radius 2 is 1.86 bits per heavy atom. The molecule has 0 unspecified atom stereocenters. The maximum Gasteiger partial charge on any atom is 0.313 e. The number of hydrogen-bond acceptors (Lipinski definition) is 5. The van der Waals surface area contributed by atoms with E-state index in [0.29, 0.717) is 36.0 Å². The fourth-order valence-electron chi connectivity index (χ4n) is 3.33. The van der Waals surface area contributed by atoms with Crippen molar-refractivity contribution in [2.45, 2.75) is 6.10 Å². The number of amides is 2. The molecular formula is C21H21N3O5. The number of nitrogens with zero attached hydrogens (tertiary/aromatic N) is 1. The molecule has 0 aliphatic carbocycles. The summed E-state index contributed by atoms with van der Waals surface area (Å²) in [6, 6.07) is 12.6. The van der Waals surface area contributed by atoms with Crippen LogP contribution in [0.5, 0.6) is 11.5 Å². The molecule has 0 fully saturated rings. The molecule has 1 atom stereocenters. The number of aromatic nitrogens is 1. The summed E-state index contributed by atoms with van der Waals surface area (Å²) in [7, 11) is 1.89. The van der Waals surface area contributed by atoms with E-state index >= 15 is 0 Å². The summed E-state index contributed by atoms with van der Waals surface area (Å²) in [6.07, 6.45) is 0.878. The quantitative estimate of drug-likeness (QED) is 0.584. The summed E-state index contributed by atoms with van der Waals surface area (Å²) in [5.74, 6) is -0.552. The minimum atomic E-state index is -0.938. The number of carbonyl (C=O) groups excluding carboxylic acids is 2. The first-order valence-electron chi connectivity index (χ1n) is 9.24. The molecule has 0 saturated carbocycles. The van der Waals surface area contributed by atoms with Gasteiger partial charge in [-0.1, -0.05) is 18.2 Å². The van der Waals surface area contributed by atoms with Crippen molar-refractivity contribution in [1.29, 1.82) is 0 Å². The summed E-state index contributed by atoms with van der Waals surface area (Å²) in [6.45, 7) is 0.818. The van der Waals surface area contributed by atoms with Gasteiger partial charge in [-0.05, 0) is 18.2 Å². The fraction of sp³-hybridized carbons (Fsp3) is 0.238. The van der Waals surface area contributed by atoms with E-state index in [1.165, 1.54) is 0 Å². The molecular weight excluding hydrogens is 374 g/mol. The standard InChI is InChI=1S/C21H21N3O5/c1-24-12-15(14-4-2-3-5-16(14)24)17(25)11-22-20(26)21(27)23-13-6-7-18-19(10-13)29-9-8-28-18/h2-7,10,12,17,25H,8-9,11H2,1H3,(H,22,26)(H,23,27)/t17-/m1/s1. The molecule has 3 aromatic rings. The first kappa shape index (κ1) is 18.8. The fourth-order valence-corrected chi connectivity index (χ4v) is 3.33. The van der Waals surface area contributed by atoms with E-state index in [-0.39, 0.29) is 6.54 Å². The van der Waals surface area contributed by atoms with Crippen LogP contribution in [-0.2, 0) is 16.6 Å². The van der Waals surface area contributed by atoms with Crippen LogP contribution >= 0.6 is 0 Å². The Kier molecular flexibility index (Phi) is 5.09. The number of anilines is 1. The lowest BCUT2D eigenvalue weighted by Gasteiger charge is -2.19. The van der Waals surface area contributed by atoms with E-state index in [1.807, 2.05) is 42.1 Å². The van der Waals surface area contributed by atoms with Crippen molar-refractivity contribution in [3.63, 3.8) is 0 Å². The van der Waals surface area contributed by atoms with Gasteiger partial charge < -0.3 is 29.8 Å². The highest BCUT2D eigenvalue weighted by molar-refractivity contribution is 6.39. The molecule has 2 amide bonds. The van der Waals surface area contributed by atoms with Gasteiger partial charge in [-0.3, -0.25) is 9.59 Å². The van der Waals surface area contributed by atoms with E-state index in [0.717, 1.165) is 10.9 Å². The lowest BCUT2D eigenvalue weighted by molar-refractivity contribution is -0.136. The van der Waals surface area contributed by atoms with E-state index < -0.39 is 17.9 Å². The van der Waals surface area contributed by atoms with Gasteiger partial charge >= 0.3 is 11.8 Å². The molecule has 0 spiro atoms. The number of aliphatic hydroxyl groups is 1. The maximum atomic E-state index is 12.2. The zero-order valence-electron chi connectivity index (χ0n) is 15.8. The maximum absolute atomic E-state index is 12.2. The van der Waals surface area contributed by atoms with Crippen LogP contribution < -0.4 is 20.1 Å². The van der Waals surface area contributed by atoms with Crippen molar-refractivity contribution in [2.24, 2.45) is 7.05 Å². The number of nitrogens with one attached hydrogen (secondary N) is 2. The molecule has 0 saturated heterocycles. The normalized spacial score (nSPS) is 13.7. The second kappa shape index (κ2) is 7.84. The zero-order chi connectivity index (χ0) is 20.4. The van der Waals surface area contributed by atoms with Gasteiger partial charge in [0.1, 0.15) is 13.2 Å². The first-order valence-corrected chi connectivity index (χ1v) is 9.24. The largest absolute Gasteiger partial charge is 0.486 e. The average molecular weight is 395 g/mol. The Hall–Kier alpha value is -3.52. The van der Waals surface area contributed by atoms with Gasteiger partial charge in [0.05, 0.1) is 6.10 Å². The van der Waals surface area contributed by atoms with Crippen LogP contribution in [0.4, 0.5) is 5.69 Å². The average Bonchev–Trinajstić information content (AvgIpc) is 3.08. The molecule has 1 aliphatic heterocycles. The molecule has 2 heterocycles. The van der Waals surface area contributed by atoms with E-state index in [1.54, 1.807) is 18.2 Å². The summed E-state index contributed by atoms with van der Waals surface area (Å²) in [4.78, 5) is 24.3. The molecule has 0 radical (unpaired) electrons. The highest BCUT2D eigenvalue weighted by Gasteiger charge is 2.19. The van der Waals surface area contributed by atoms with Gasteiger partial charge in [-0.25, -0.2) is 0 Å². The number of para-hydroxylation sites is 1. The third kappa shape index (κ3) is 3.88. The van der Waals surface area contributed by atoms with Crippen molar-refractivity contribution in [3.05, 3.63) is 54.2 Å². The Balaban J connectivity index is 1.37. The van der Waals surface area contributed by atoms with Gasteiger partial charge in [0.15, 0.2) is 11.5 Å². The molecule has 3 N–H and O–H groups in total. The number of ether oxygens (including phenoxy) is 2. The summed E-state index contributed by atoms with van der Waals surface area (Å²) >= 11 is 0. The van der Waals surface area contributed by atoms with Gasteiger partial charge in [0.2, 0.25) is 0 Å². The second-order valence-corrected chi connectivity index (χ2v) is 6.75. The predicted molar refractivity (Wildman–Crippen MR) is 107 cm³/mol. The number of hydrogen-bond donors (Lipinski definition) is 3. The lowest BCUT2D eigenvalue weighted by atomic mass is 10.1. The van der Waals surface area contributed by atoms with Crippen LogP contribution in [0.3, 0.4) is 0 Å². The Labute approximate surface area is 167 Å². The smallest absolute Gasteiger partial charge is 0.313 e. The molecule has 1 aromatic heterocycles. The number of aryl methyl sites for hydroxylation is 1. The molecule has 1 aliphatic rings. The zero-order valence-corrected chi connectivity index (χ0v) is 15.8. The monoisotopic (exact) mass is 395 g/mol. The molecule has 150 valence electrons. The Morgan fingerprint density at radius 3 is 2.69 bits per heavy atom. The van der Waals surface area contributed by atoms with Gasteiger partial charge in [0, 0.05) is 48.0 Å². The number of aliphatic hydroxyl groups excluding tert-OH is 1. The molecule has 29 heavy (non-hydrogen) atoms. The lowest BCUT2D eigenvalue weighted by Crippen LogP contribution is -2.37. The van der Waals surface area contributed by atoms with Crippen molar-refractivity contribution in [2.75, 3.05) is 25.1 Å². The minimum Gasteiger partial charge on any atom is -0.486 e. The van der Waals surface area contributed by atoms with Crippen LogP contribution in [0.25, 0.3) is 10.9 Å². The third-order valence-electron chi connectivity index (χ3n) is 4.75. The van der Waals surface area contributed by atoms with Crippen molar-refractivity contribution >= 4 is 28.4 Å². The number of carbonyl (C=O) groups is 2.